The fraction of sp³-hybridized carbons (Fsp3) is 0.182. The predicted octanol–water partition coefficient (Wildman–Crippen LogP) is 6.31. The smallest absolute Gasteiger partial charge is 0.0932 e. The maximum Gasteiger partial charge on any atom is 0.0932 e. The van der Waals surface area contributed by atoms with E-state index < -0.39 is 14.8 Å². The molecule has 0 aliphatic carbocycles. The molecule has 4 aromatic carbocycles. The molecule has 2 nitrogen and oxygen atoms in total. The minimum Gasteiger partial charge on any atom is -0.282 e. The molecular weight excluding hydrogens is 486 g/mol. The van der Waals surface area contributed by atoms with Crippen LogP contribution in [0.25, 0.3) is 0 Å². The Morgan fingerprint density at radius 1 is 0.703 bits per heavy atom. The first kappa shape index (κ1) is 25.4. The van der Waals surface area contributed by atoms with Gasteiger partial charge in [0.2, 0.25) is 0 Å². The third kappa shape index (κ3) is 5.00. The third-order valence-electron chi connectivity index (χ3n) is 6.62. The fourth-order valence-electron chi connectivity index (χ4n) is 5.19. The second-order valence-corrected chi connectivity index (χ2v) is 16.3. The SMILES string of the molecule is CC(C)(C)N=C1C(P(c2ccccc2)c2ccccc2)=P(c2ccccc2)(c2ccccc2)CC1C#N. The van der Waals surface area contributed by atoms with Crippen molar-refractivity contribution in [2.75, 3.05) is 6.16 Å². The third-order valence-corrected chi connectivity index (χ3v) is 14.8. The van der Waals surface area contributed by atoms with Gasteiger partial charge in [0.1, 0.15) is 0 Å². The molecule has 4 aromatic rings. The van der Waals surface area contributed by atoms with E-state index in [4.69, 9.17) is 4.99 Å². The largest absolute Gasteiger partial charge is 0.282 e. The van der Waals surface area contributed by atoms with Crippen molar-refractivity contribution in [2.24, 2.45) is 10.9 Å². The van der Waals surface area contributed by atoms with Crippen LogP contribution in [0.5, 0.6) is 0 Å². The van der Waals surface area contributed by atoms with Gasteiger partial charge in [-0.3, -0.25) is 4.99 Å². The second-order valence-electron chi connectivity index (χ2n) is 10.3. The van der Waals surface area contributed by atoms with Gasteiger partial charge in [0.25, 0.3) is 0 Å². The van der Waals surface area contributed by atoms with Gasteiger partial charge in [-0.05, 0) is 63.0 Å². The molecule has 0 aromatic heterocycles. The van der Waals surface area contributed by atoms with Crippen LogP contribution in [0.3, 0.4) is 0 Å². The van der Waals surface area contributed by atoms with E-state index in [1.165, 1.54) is 26.3 Å². The highest BCUT2D eigenvalue weighted by Gasteiger charge is 2.45. The lowest BCUT2D eigenvalue weighted by Gasteiger charge is -2.32. The van der Waals surface area contributed by atoms with E-state index in [0.29, 0.717) is 0 Å². The number of benzene rings is 4. The number of hydrogen-bond donors (Lipinski definition) is 0. The quantitative estimate of drug-likeness (QED) is 0.285. The van der Waals surface area contributed by atoms with Crippen molar-refractivity contribution in [1.29, 1.82) is 5.26 Å². The molecule has 0 radical (unpaired) electrons. The Labute approximate surface area is 222 Å². The second kappa shape index (κ2) is 10.6. The molecule has 0 saturated heterocycles. The Morgan fingerprint density at radius 2 is 1.11 bits per heavy atom. The van der Waals surface area contributed by atoms with E-state index in [2.05, 4.69) is 148 Å². The summed E-state index contributed by atoms with van der Waals surface area (Å²) in [5.41, 5.74) is 0.715. The first-order chi connectivity index (χ1) is 17.9. The molecule has 0 N–H and O–H groups in total. The molecule has 1 atom stereocenters. The Hall–Kier alpha value is -3.23. The van der Waals surface area contributed by atoms with E-state index in [-0.39, 0.29) is 11.5 Å². The standard InChI is InChI=1S/C33H32N2P2/c1-33(2,3)35-31-26(24-34)25-37(29-20-12-6-13-21-29,30-22-14-7-15-23-30)32(31)36(27-16-8-4-9-17-27)28-18-10-5-11-19-28/h4-23,26H,25H2,1-3H3. The van der Waals surface area contributed by atoms with Crippen LogP contribution in [0.2, 0.25) is 0 Å². The molecule has 0 fully saturated rings. The molecule has 0 amide bonds. The lowest BCUT2D eigenvalue weighted by Crippen LogP contribution is -2.29. The zero-order chi connectivity index (χ0) is 25.9. The lowest BCUT2D eigenvalue weighted by atomic mass is 10.1. The maximum atomic E-state index is 10.6. The van der Waals surface area contributed by atoms with Crippen molar-refractivity contribution in [1.82, 2.24) is 0 Å². The highest BCUT2D eigenvalue weighted by molar-refractivity contribution is 8.10. The normalized spacial score (nSPS) is 18.2. The van der Waals surface area contributed by atoms with Gasteiger partial charge in [-0.2, -0.15) is 5.26 Å². The minimum absolute atomic E-state index is 0.250. The molecule has 1 unspecified atom stereocenters. The molecule has 5 rings (SSSR count). The summed E-state index contributed by atoms with van der Waals surface area (Å²) in [5, 5.41) is 17.2. The number of aliphatic imine (C=N–C) groups is 1. The van der Waals surface area contributed by atoms with Crippen LogP contribution in [0, 0.1) is 17.2 Å². The summed E-state index contributed by atoms with van der Waals surface area (Å²) in [4.78, 5) is 5.36. The number of hydrogen-bond acceptors (Lipinski definition) is 2. The van der Waals surface area contributed by atoms with Gasteiger partial charge >= 0.3 is 0 Å². The average molecular weight is 519 g/mol. The summed E-state index contributed by atoms with van der Waals surface area (Å²) in [6, 6.07) is 46.3. The van der Waals surface area contributed by atoms with Crippen LogP contribution in [0.4, 0.5) is 0 Å². The van der Waals surface area contributed by atoms with Crippen LogP contribution in [0.15, 0.2) is 126 Å². The molecule has 0 saturated carbocycles. The monoisotopic (exact) mass is 518 g/mol. The van der Waals surface area contributed by atoms with Gasteiger partial charge < -0.3 is 0 Å². The van der Waals surface area contributed by atoms with Crippen molar-refractivity contribution >= 4 is 46.8 Å². The molecule has 1 aliphatic rings. The van der Waals surface area contributed by atoms with Gasteiger partial charge in [0, 0.05) is 5.03 Å². The van der Waals surface area contributed by atoms with Crippen molar-refractivity contribution in [2.45, 2.75) is 26.3 Å². The van der Waals surface area contributed by atoms with E-state index in [1.807, 2.05) is 0 Å². The molecule has 1 aliphatic heterocycles. The predicted molar refractivity (Wildman–Crippen MR) is 164 cm³/mol. The Morgan fingerprint density at radius 3 is 1.49 bits per heavy atom. The first-order valence-electron chi connectivity index (χ1n) is 12.7. The van der Waals surface area contributed by atoms with Crippen LogP contribution in [0.1, 0.15) is 20.8 Å². The van der Waals surface area contributed by atoms with Crippen LogP contribution < -0.4 is 21.2 Å². The van der Waals surface area contributed by atoms with E-state index >= 15 is 0 Å². The summed E-state index contributed by atoms with van der Waals surface area (Å²) in [5.74, 6) is -0.250. The highest BCUT2D eigenvalue weighted by atomic mass is 31.2. The minimum atomic E-state index is -2.17. The Kier molecular flexibility index (Phi) is 7.31. The number of rotatable bonds is 5. The molecule has 184 valence electrons. The van der Waals surface area contributed by atoms with Crippen molar-refractivity contribution in [3.8, 4) is 6.07 Å². The van der Waals surface area contributed by atoms with E-state index in [1.54, 1.807) is 0 Å². The zero-order valence-corrected chi connectivity index (χ0v) is 23.4. The summed E-state index contributed by atoms with van der Waals surface area (Å²) in [6.45, 7) is 4.25. The molecule has 4 heteroatoms. The molecule has 37 heavy (non-hydrogen) atoms. The topological polar surface area (TPSA) is 36.1 Å². The van der Waals surface area contributed by atoms with Gasteiger partial charge in [-0.25, -0.2) is 0 Å². The first-order valence-corrected chi connectivity index (χ1v) is 16.0. The molecule has 1 heterocycles. The Bertz CT molecular complexity index is 1400. The highest BCUT2D eigenvalue weighted by Crippen LogP contribution is 2.61. The maximum absolute atomic E-state index is 10.6. The Balaban J connectivity index is 2.01. The van der Waals surface area contributed by atoms with E-state index in [9.17, 15) is 5.26 Å². The fourth-order valence-corrected chi connectivity index (χ4v) is 14.5. The summed E-state index contributed by atoms with van der Waals surface area (Å²) < 4.78 is 0. The molecular formula is C33H32N2P2. The average Bonchev–Trinajstić information content (AvgIpc) is 3.24. The van der Waals surface area contributed by atoms with Crippen molar-refractivity contribution < 1.29 is 0 Å². The van der Waals surface area contributed by atoms with Gasteiger partial charge in [-0.15, -0.1) is 0 Å². The zero-order valence-electron chi connectivity index (χ0n) is 21.6. The molecule has 0 spiro atoms. The summed E-state index contributed by atoms with van der Waals surface area (Å²) >= 11 is 0. The number of nitrogens with zero attached hydrogens (tertiary/aromatic N) is 2. The van der Waals surface area contributed by atoms with Crippen LogP contribution in [-0.4, -0.2) is 22.4 Å². The van der Waals surface area contributed by atoms with Crippen molar-refractivity contribution in [3.63, 3.8) is 0 Å². The summed E-state index contributed by atoms with van der Waals surface area (Å²) in [6.07, 6.45) is 0.792. The van der Waals surface area contributed by atoms with Crippen LogP contribution in [-0.2, 0) is 0 Å². The lowest BCUT2D eigenvalue weighted by molar-refractivity contribution is 0.582. The number of nitriles is 1. The van der Waals surface area contributed by atoms with Gasteiger partial charge in [0.05, 0.1) is 23.2 Å². The van der Waals surface area contributed by atoms with Crippen molar-refractivity contribution in [3.05, 3.63) is 121 Å². The van der Waals surface area contributed by atoms with Crippen LogP contribution >= 0.6 is 14.8 Å². The molecule has 0 bridgehead atoms. The van der Waals surface area contributed by atoms with E-state index in [0.717, 1.165) is 11.9 Å². The van der Waals surface area contributed by atoms with Gasteiger partial charge in [0.15, 0.2) is 0 Å². The summed E-state index contributed by atoms with van der Waals surface area (Å²) in [7, 11) is -0.928. The van der Waals surface area contributed by atoms with Gasteiger partial charge in [-0.1, -0.05) is 121 Å².